The number of hydrogen-bond donors (Lipinski definition) is 2. The van der Waals surface area contributed by atoms with Crippen LogP contribution in [-0.4, -0.2) is 16.3 Å². The maximum absolute atomic E-state index is 9.41. The first-order valence-electron chi connectivity index (χ1n) is 3.69. The molecule has 0 aromatic heterocycles. The molecule has 0 fully saturated rings. The molecule has 0 aliphatic heterocycles. The summed E-state index contributed by atoms with van der Waals surface area (Å²) in [6, 6.07) is 0. The maximum atomic E-state index is 9.41. The zero-order valence-corrected chi connectivity index (χ0v) is 6.41. The molecule has 2 heteroatoms. The molecule has 0 heterocycles. The standard InChI is InChI=1S/C8H14O2/c1-5-3-7(9)4-6(2)8(5)10/h3,5-6,8-10H,4H2,1-2H3. The van der Waals surface area contributed by atoms with Crippen LogP contribution in [0.25, 0.3) is 0 Å². The van der Waals surface area contributed by atoms with Gasteiger partial charge in [0.15, 0.2) is 0 Å². The molecule has 0 aromatic carbocycles. The van der Waals surface area contributed by atoms with Gasteiger partial charge in [-0.3, -0.25) is 0 Å². The van der Waals surface area contributed by atoms with Crippen LogP contribution in [0.5, 0.6) is 0 Å². The predicted molar refractivity (Wildman–Crippen MR) is 39.7 cm³/mol. The number of rotatable bonds is 0. The van der Waals surface area contributed by atoms with Crippen LogP contribution in [0.15, 0.2) is 11.8 Å². The second-order valence-electron chi connectivity index (χ2n) is 3.19. The average molecular weight is 142 g/mol. The fraction of sp³-hybridized carbons (Fsp3) is 0.750. The third-order valence-corrected chi connectivity index (χ3v) is 2.11. The lowest BCUT2D eigenvalue weighted by molar-refractivity contribution is 0.0653. The minimum absolute atomic E-state index is 0.101. The van der Waals surface area contributed by atoms with Gasteiger partial charge in [0.05, 0.1) is 11.9 Å². The van der Waals surface area contributed by atoms with Crippen molar-refractivity contribution in [3.8, 4) is 0 Å². The second kappa shape index (κ2) is 2.62. The van der Waals surface area contributed by atoms with Gasteiger partial charge in [0.2, 0.25) is 0 Å². The van der Waals surface area contributed by atoms with Crippen molar-refractivity contribution >= 4 is 0 Å². The Kier molecular flexibility index (Phi) is 2.00. The van der Waals surface area contributed by atoms with Gasteiger partial charge in [-0.15, -0.1) is 0 Å². The molecule has 0 spiro atoms. The molecule has 2 nitrogen and oxygen atoms in total. The monoisotopic (exact) mass is 142 g/mol. The summed E-state index contributed by atoms with van der Waals surface area (Å²) in [6.07, 6.45) is 2.06. The summed E-state index contributed by atoms with van der Waals surface area (Å²) < 4.78 is 0. The topological polar surface area (TPSA) is 40.5 Å². The van der Waals surface area contributed by atoms with Gasteiger partial charge in [-0.2, -0.15) is 0 Å². The highest BCUT2D eigenvalue weighted by Gasteiger charge is 2.25. The molecule has 1 aliphatic rings. The van der Waals surface area contributed by atoms with Crippen LogP contribution in [0, 0.1) is 11.8 Å². The average Bonchev–Trinajstić information content (AvgIpc) is 1.82. The van der Waals surface area contributed by atoms with E-state index in [0.29, 0.717) is 12.2 Å². The Bertz CT molecular complexity index is 151. The molecular weight excluding hydrogens is 128 g/mol. The Balaban J connectivity index is 2.69. The van der Waals surface area contributed by atoms with Crippen molar-refractivity contribution in [2.45, 2.75) is 26.4 Å². The fourth-order valence-electron chi connectivity index (χ4n) is 1.44. The first-order valence-corrected chi connectivity index (χ1v) is 3.69. The molecule has 10 heavy (non-hydrogen) atoms. The highest BCUT2D eigenvalue weighted by molar-refractivity contribution is 5.03. The highest BCUT2D eigenvalue weighted by atomic mass is 16.3. The number of aliphatic hydroxyl groups is 2. The van der Waals surface area contributed by atoms with Crippen LogP contribution in [0.4, 0.5) is 0 Å². The summed E-state index contributed by atoms with van der Waals surface area (Å²) in [4.78, 5) is 0. The summed E-state index contributed by atoms with van der Waals surface area (Å²) in [7, 11) is 0. The normalized spacial score (nSPS) is 41.1. The van der Waals surface area contributed by atoms with E-state index in [2.05, 4.69) is 0 Å². The van der Waals surface area contributed by atoms with Crippen molar-refractivity contribution in [2.24, 2.45) is 11.8 Å². The number of allylic oxidation sites excluding steroid dienone is 1. The van der Waals surface area contributed by atoms with Crippen molar-refractivity contribution in [1.82, 2.24) is 0 Å². The zero-order chi connectivity index (χ0) is 7.72. The third kappa shape index (κ3) is 1.32. The quantitative estimate of drug-likeness (QED) is 0.537. The van der Waals surface area contributed by atoms with Crippen molar-refractivity contribution in [3.63, 3.8) is 0 Å². The van der Waals surface area contributed by atoms with E-state index in [9.17, 15) is 5.11 Å². The highest BCUT2D eigenvalue weighted by Crippen LogP contribution is 2.26. The van der Waals surface area contributed by atoms with E-state index in [4.69, 9.17) is 5.11 Å². The third-order valence-electron chi connectivity index (χ3n) is 2.11. The summed E-state index contributed by atoms with van der Waals surface area (Å²) in [5, 5.41) is 18.5. The minimum Gasteiger partial charge on any atom is -0.513 e. The van der Waals surface area contributed by atoms with Crippen molar-refractivity contribution in [2.75, 3.05) is 0 Å². The van der Waals surface area contributed by atoms with E-state index in [-0.39, 0.29) is 17.9 Å². The van der Waals surface area contributed by atoms with Gasteiger partial charge in [0.1, 0.15) is 0 Å². The minimum atomic E-state index is -0.282. The number of hydrogen-bond acceptors (Lipinski definition) is 2. The Morgan fingerprint density at radius 2 is 2.10 bits per heavy atom. The van der Waals surface area contributed by atoms with Gasteiger partial charge >= 0.3 is 0 Å². The van der Waals surface area contributed by atoms with E-state index in [1.54, 1.807) is 6.08 Å². The molecule has 0 aromatic rings. The largest absolute Gasteiger partial charge is 0.513 e. The lowest BCUT2D eigenvalue weighted by atomic mass is 9.85. The van der Waals surface area contributed by atoms with Crippen LogP contribution in [-0.2, 0) is 0 Å². The first kappa shape index (κ1) is 7.61. The lowest BCUT2D eigenvalue weighted by Crippen LogP contribution is -2.28. The van der Waals surface area contributed by atoms with Crippen LogP contribution < -0.4 is 0 Å². The molecule has 0 saturated carbocycles. The summed E-state index contributed by atoms with van der Waals surface area (Å²) in [5.41, 5.74) is 0. The van der Waals surface area contributed by atoms with Crippen molar-refractivity contribution < 1.29 is 10.2 Å². The molecule has 0 radical (unpaired) electrons. The molecule has 3 unspecified atom stereocenters. The van der Waals surface area contributed by atoms with Crippen molar-refractivity contribution in [1.29, 1.82) is 0 Å². The summed E-state index contributed by atoms with van der Waals surface area (Å²) in [6.45, 7) is 3.86. The maximum Gasteiger partial charge on any atom is 0.0890 e. The summed E-state index contributed by atoms with van der Waals surface area (Å²) >= 11 is 0. The van der Waals surface area contributed by atoms with Gasteiger partial charge < -0.3 is 10.2 Å². The van der Waals surface area contributed by atoms with E-state index >= 15 is 0 Å². The molecule has 1 rings (SSSR count). The SMILES string of the molecule is CC1C=C(O)CC(C)C1O. The predicted octanol–water partition coefficient (Wildman–Crippen LogP) is 1.47. The molecule has 3 atom stereocenters. The Morgan fingerprint density at radius 3 is 2.60 bits per heavy atom. The van der Waals surface area contributed by atoms with Gasteiger partial charge in [-0.1, -0.05) is 13.8 Å². The molecule has 0 bridgehead atoms. The lowest BCUT2D eigenvalue weighted by Gasteiger charge is -2.27. The van der Waals surface area contributed by atoms with Crippen LogP contribution >= 0.6 is 0 Å². The Hall–Kier alpha value is -0.500. The molecular formula is C8H14O2. The van der Waals surface area contributed by atoms with Crippen LogP contribution in [0.3, 0.4) is 0 Å². The van der Waals surface area contributed by atoms with Crippen LogP contribution in [0.1, 0.15) is 20.3 Å². The van der Waals surface area contributed by atoms with Gasteiger partial charge in [-0.25, -0.2) is 0 Å². The smallest absolute Gasteiger partial charge is 0.0890 e. The van der Waals surface area contributed by atoms with Gasteiger partial charge in [-0.05, 0) is 12.0 Å². The molecule has 0 saturated heterocycles. The molecule has 0 amide bonds. The fourth-order valence-corrected chi connectivity index (χ4v) is 1.44. The molecule has 2 N–H and O–H groups in total. The van der Waals surface area contributed by atoms with Gasteiger partial charge in [0.25, 0.3) is 0 Å². The van der Waals surface area contributed by atoms with E-state index in [1.807, 2.05) is 13.8 Å². The first-order chi connectivity index (χ1) is 4.61. The Labute approximate surface area is 61.2 Å². The number of aliphatic hydroxyl groups excluding tert-OH is 2. The van der Waals surface area contributed by atoms with Crippen LogP contribution in [0.2, 0.25) is 0 Å². The summed E-state index contributed by atoms with van der Waals surface area (Å²) in [5.74, 6) is 0.717. The van der Waals surface area contributed by atoms with E-state index in [0.717, 1.165) is 0 Å². The molecule has 58 valence electrons. The van der Waals surface area contributed by atoms with Crippen molar-refractivity contribution in [3.05, 3.63) is 11.8 Å². The van der Waals surface area contributed by atoms with E-state index in [1.165, 1.54) is 0 Å². The van der Waals surface area contributed by atoms with E-state index < -0.39 is 0 Å². The zero-order valence-electron chi connectivity index (χ0n) is 6.41. The second-order valence-corrected chi connectivity index (χ2v) is 3.19. The Morgan fingerprint density at radius 1 is 1.50 bits per heavy atom. The van der Waals surface area contributed by atoms with Gasteiger partial charge in [0, 0.05) is 12.3 Å². The molecule has 1 aliphatic carbocycles.